The fraction of sp³-hybridized carbons (Fsp3) is 0.462. The van der Waals surface area contributed by atoms with Gasteiger partial charge in [-0.1, -0.05) is 22.9 Å². The van der Waals surface area contributed by atoms with Gasteiger partial charge in [0.15, 0.2) is 0 Å². The maximum atomic E-state index is 11.9. The van der Waals surface area contributed by atoms with E-state index in [9.17, 15) is 4.79 Å². The summed E-state index contributed by atoms with van der Waals surface area (Å²) in [5.41, 5.74) is 1.69. The van der Waals surface area contributed by atoms with Gasteiger partial charge >= 0.3 is 0 Å². The summed E-state index contributed by atoms with van der Waals surface area (Å²) in [6, 6.07) is 5.76. The largest absolute Gasteiger partial charge is 0.384 e. The Kier molecular flexibility index (Phi) is 6.15. The van der Waals surface area contributed by atoms with Crippen molar-refractivity contribution < 1.29 is 9.53 Å². The molecule has 1 rings (SSSR count). The Hall–Kier alpha value is -1.07. The van der Waals surface area contributed by atoms with E-state index in [1.165, 1.54) is 0 Å². The first kappa shape index (κ1) is 15.0. The molecule has 1 aromatic rings. The summed E-state index contributed by atoms with van der Waals surface area (Å²) < 4.78 is 5.91. The van der Waals surface area contributed by atoms with Crippen molar-refractivity contribution in [3.05, 3.63) is 22.7 Å². The zero-order valence-electron chi connectivity index (χ0n) is 10.9. The SMILES string of the molecule is CCNc1ccc(Br)cc1NC(=O)[C@H](C)COC. The first-order chi connectivity index (χ1) is 8.58. The molecule has 0 unspecified atom stereocenters. The molecule has 1 amide bonds. The lowest BCUT2D eigenvalue weighted by atomic mass is 10.1. The number of halogens is 1. The number of carbonyl (C=O) groups is 1. The minimum absolute atomic E-state index is 0.0471. The number of hydrogen-bond donors (Lipinski definition) is 2. The lowest BCUT2D eigenvalue weighted by molar-refractivity contribution is -0.120. The molecule has 4 nitrogen and oxygen atoms in total. The van der Waals surface area contributed by atoms with E-state index >= 15 is 0 Å². The van der Waals surface area contributed by atoms with Crippen molar-refractivity contribution in [1.82, 2.24) is 0 Å². The van der Waals surface area contributed by atoms with Gasteiger partial charge in [-0.3, -0.25) is 4.79 Å². The van der Waals surface area contributed by atoms with Crippen LogP contribution < -0.4 is 10.6 Å². The summed E-state index contributed by atoms with van der Waals surface area (Å²) in [4.78, 5) is 11.9. The van der Waals surface area contributed by atoms with Crippen LogP contribution in [0, 0.1) is 5.92 Å². The zero-order chi connectivity index (χ0) is 13.5. The van der Waals surface area contributed by atoms with Gasteiger partial charge in [-0.25, -0.2) is 0 Å². The fourth-order valence-electron chi connectivity index (χ4n) is 1.55. The van der Waals surface area contributed by atoms with E-state index in [1.807, 2.05) is 32.0 Å². The first-order valence-corrected chi connectivity index (χ1v) is 6.71. The molecule has 1 atom stereocenters. The Labute approximate surface area is 116 Å². The van der Waals surface area contributed by atoms with Crippen LogP contribution in [0.4, 0.5) is 11.4 Å². The summed E-state index contributed by atoms with van der Waals surface area (Å²) in [6.07, 6.45) is 0. The van der Waals surface area contributed by atoms with Crippen LogP contribution in [0.15, 0.2) is 22.7 Å². The number of hydrogen-bond acceptors (Lipinski definition) is 3. The molecule has 5 heteroatoms. The number of benzene rings is 1. The highest BCUT2D eigenvalue weighted by Crippen LogP contribution is 2.26. The van der Waals surface area contributed by atoms with E-state index in [-0.39, 0.29) is 11.8 Å². The Morgan fingerprint density at radius 3 is 2.78 bits per heavy atom. The van der Waals surface area contributed by atoms with Gasteiger partial charge in [0.1, 0.15) is 0 Å². The molecule has 0 aliphatic carbocycles. The second-order valence-corrected chi connectivity index (χ2v) is 4.98. The summed E-state index contributed by atoms with van der Waals surface area (Å²) in [5, 5.41) is 6.12. The number of carbonyl (C=O) groups excluding carboxylic acids is 1. The molecular weight excluding hydrogens is 296 g/mol. The van der Waals surface area contributed by atoms with Crippen LogP contribution in [-0.2, 0) is 9.53 Å². The predicted octanol–water partition coefficient (Wildman–Crippen LogP) is 3.10. The number of rotatable bonds is 6. The Balaban J connectivity index is 2.81. The van der Waals surface area contributed by atoms with E-state index in [4.69, 9.17) is 4.74 Å². The topological polar surface area (TPSA) is 50.4 Å². The zero-order valence-corrected chi connectivity index (χ0v) is 12.5. The quantitative estimate of drug-likeness (QED) is 0.848. The minimum Gasteiger partial charge on any atom is -0.384 e. The highest BCUT2D eigenvalue weighted by molar-refractivity contribution is 9.10. The second kappa shape index (κ2) is 7.38. The van der Waals surface area contributed by atoms with E-state index in [1.54, 1.807) is 7.11 Å². The third-order valence-electron chi connectivity index (χ3n) is 2.47. The molecular formula is C13H19BrN2O2. The molecule has 1 aromatic carbocycles. The van der Waals surface area contributed by atoms with Crippen molar-refractivity contribution in [2.45, 2.75) is 13.8 Å². The Morgan fingerprint density at radius 2 is 2.17 bits per heavy atom. The molecule has 0 spiro atoms. The van der Waals surface area contributed by atoms with Gasteiger partial charge in [0.2, 0.25) is 5.91 Å². The van der Waals surface area contributed by atoms with Gasteiger partial charge in [0.05, 0.1) is 23.9 Å². The minimum atomic E-state index is -0.177. The summed E-state index contributed by atoms with van der Waals surface area (Å²) in [7, 11) is 1.59. The average molecular weight is 315 g/mol. The average Bonchev–Trinajstić information content (AvgIpc) is 2.33. The highest BCUT2D eigenvalue weighted by Gasteiger charge is 2.14. The number of ether oxygens (including phenoxy) is 1. The lowest BCUT2D eigenvalue weighted by Crippen LogP contribution is -2.24. The highest BCUT2D eigenvalue weighted by atomic mass is 79.9. The third kappa shape index (κ3) is 4.31. The second-order valence-electron chi connectivity index (χ2n) is 4.07. The molecule has 0 fully saturated rings. The fourth-order valence-corrected chi connectivity index (χ4v) is 1.91. The van der Waals surface area contributed by atoms with Crippen LogP contribution in [0.2, 0.25) is 0 Å². The molecule has 18 heavy (non-hydrogen) atoms. The van der Waals surface area contributed by atoms with Crippen LogP contribution >= 0.6 is 15.9 Å². The van der Waals surface area contributed by atoms with E-state index in [2.05, 4.69) is 26.6 Å². The molecule has 0 radical (unpaired) electrons. The van der Waals surface area contributed by atoms with Gasteiger partial charge in [-0.05, 0) is 25.1 Å². The van der Waals surface area contributed by atoms with E-state index in [0.717, 1.165) is 22.4 Å². The smallest absolute Gasteiger partial charge is 0.229 e. The molecule has 0 saturated heterocycles. The normalized spacial score (nSPS) is 12.0. The summed E-state index contributed by atoms with van der Waals surface area (Å²) in [6.45, 7) is 5.07. The van der Waals surface area contributed by atoms with Crippen molar-refractivity contribution in [2.75, 3.05) is 30.9 Å². The lowest BCUT2D eigenvalue weighted by Gasteiger charge is -2.15. The van der Waals surface area contributed by atoms with Crippen molar-refractivity contribution in [1.29, 1.82) is 0 Å². The predicted molar refractivity (Wildman–Crippen MR) is 78.0 cm³/mol. The molecule has 0 aromatic heterocycles. The number of anilines is 2. The molecule has 0 bridgehead atoms. The third-order valence-corrected chi connectivity index (χ3v) is 2.96. The molecule has 0 aliphatic rings. The van der Waals surface area contributed by atoms with Crippen LogP contribution in [0.25, 0.3) is 0 Å². The van der Waals surface area contributed by atoms with Crippen molar-refractivity contribution >= 4 is 33.2 Å². The van der Waals surface area contributed by atoms with Crippen LogP contribution in [0.5, 0.6) is 0 Å². The Bertz CT molecular complexity index is 410. The number of methoxy groups -OCH3 is 1. The summed E-state index contributed by atoms with van der Waals surface area (Å²) >= 11 is 3.40. The first-order valence-electron chi connectivity index (χ1n) is 5.91. The van der Waals surface area contributed by atoms with Crippen molar-refractivity contribution in [3.63, 3.8) is 0 Å². The van der Waals surface area contributed by atoms with Gasteiger partial charge in [-0.2, -0.15) is 0 Å². The monoisotopic (exact) mass is 314 g/mol. The standard InChI is InChI=1S/C13H19BrN2O2/c1-4-15-11-6-5-10(14)7-12(11)16-13(17)9(2)8-18-3/h5-7,9,15H,4,8H2,1-3H3,(H,16,17)/t9-/m1/s1. The summed E-state index contributed by atoms with van der Waals surface area (Å²) in [5.74, 6) is -0.224. The molecule has 2 N–H and O–H groups in total. The number of amides is 1. The van der Waals surface area contributed by atoms with Gasteiger partial charge in [0, 0.05) is 18.1 Å². The number of nitrogens with one attached hydrogen (secondary N) is 2. The maximum absolute atomic E-state index is 11.9. The molecule has 100 valence electrons. The van der Waals surface area contributed by atoms with E-state index < -0.39 is 0 Å². The van der Waals surface area contributed by atoms with Gasteiger partial charge in [-0.15, -0.1) is 0 Å². The van der Waals surface area contributed by atoms with Gasteiger partial charge in [0.25, 0.3) is 0 Å². The van der Waals surface area contributed by atoms with E-state index in [0.29, 0.717) is 6.61 Å². The molecule has 0 aliphatic heterocycles. The van der Waals surface area contributed by atoms with Crippen LogP contribution in [-0.4, -0.2) is 26.2 Å². The van der Waals surface area contributed by atoms with Crippen molar-refractivity contribution in [2.24, 2.45) is 5.92 Å². The molecule has 0 saturated carbocycles. The Morgan fingerprint density at radius 1 is 1.44 bits per heavy atom. The van der Waals surface area contributed by atoms with Gasteiger partial charge < -0.3 is 15.4 Å². The maximum Gasteiger partial charge on any atom is 0.229 e. The molecule has 0 heterocycles. The van der Waals surface area contributed by atoms with Crippen molar-refractivity contribution in [3.8, 4) is 0 Å². The van der Waals surface area contributed by atoms with Crippen LogP contribution in [0.3, 0.4) is 0 Å². The van der Waals surface area contributed by atoms with Crippen LogP contribution in [0.1, 0.15) is 13.8 Å².